The molecular formula is C23H33N7O2. The molecule has 1 aliphatic rings. The highest BCUT2D eigenvalue weighted by molar-refractivity contribution is 5.85. The van der Waals surface area contributed by atoms with E-state index in [0.717, 1.165) is 30.6 Å². The minimum Gasteiger partial charge on any atom is -0.365 e. The monoisotopic (exact) mass is 439 g/mol. The second kappa shape index (κ2) is 9.67. The van der Waals surface area contributed by atoms with Crippen molar-refractivity contribution < 1.29 is 4.52 Å². The van der Waals surface area contributed by atoms with E-state index in [1.807, 2.05) is 12.4 Å². The van der Waals surface area contributed by atoms with Crippen LogP contribution in [0.3, 0.4) is 0 Å². The van der Waals surface area contributed by atoms with Gasteiger partial charge in [-0.2, -0.15) is 0 Å². The summed E-state index contributed by atoms with van der Waals surface area (Å²) in [5, 5.41) is 7.35. The Labute approximate surface area is 187 Å². The zero-order valence-corrected chi connectivity index (χ0v) is 19.2. The molecule has 9 heteroatoms. The highest BCUT2D eigenvalue weighted by atomic mass is 16.5. The van der Waals surface area contributed by atoms with Gasteiger partial charge in [-0.05, 0) is 51.4 Å². The Morgan fingerprint density at radius 1 is 1.31 bits per heavy atom. The molecule has 2 N–H and O–H groups in total. The number of nitrogens with zero attached hydrogens (tertiary/aromatic N) is 5. The van der Waals surface area contributed by atoms with Crippen LogP contribution in [0.25, 0.3) is 22.8 Å². The van der Waals surface area contributed by atoms with Gasteiger partial charge in [0.15, 0.2) is 11.5 Å². The SMILES string of the molecule is C=CC[C@H](C)CCCC(C)n1cnc2nc(-c3noc(=O)[nH]3)nc(N[C@H](C)C3CCC3)c21. The Kier molecular flexibility index (Phi) is 6.72. The normalized spacial score (nSPS) is 17.1. The van der Waals surface area contributed by atoms with Crippen LogP contribution >= 0.6 is 0 Å². The van der Waals surface area contributed by atoms with E-state index in [1.165, 1.54) is 25.7 Å². The molecule has 0 aromatic carbocycles. The van der Waals surface area contributed by atoms with Gasteiger partial charge in [-0.15, -0.1) is 6.58 Å². The van der Waals surface area contributed by atoms with E-state index in [-0.39, 0.29) is 17.9 Å². The molecule has 0 radical (unpaired) electrons. The molecule has 172 valence electrons. The minimum atomic E-state index is -0.633. The Bertz CT molecular complexity index is 1110. The molecule has 0 amide bonds. The predicted octanol–water partition coefficient (Wildman–Crippen LogP) is 4.71. The Hall–Kier alpha value is -2.97. The highest BCUT2D eigenvalue weighted by Crippen LogP contribution is 2.33. The molecule has 1 saturated carbocycles. The number of hydrogen-bond acceptors (Lipinski definition) is 7. The van der Waals surface area contributed by atoms with Crippen molar-refractivity contribution in [3.8, 4) is 11.6 Å². The smallest absolute Gasteiger partial charge is 0.365 e. The summed E-state index contributed by atoms with van der Waals surface area (Å²) < 4.78 is 6.81. The van der Waals surface area contributed by atoms with Gasteiger partial charge in [0.1, 0.15) is 5.52 Å². The second-order valence-corrected chi connectivity index (χ2v) is 9.20. The van der Waals surface area contributed by atoms with Crippen LogP contribution in [0.1, 0.15) is 71.8 Å². The maximum absolute atomic E-state index is 11.4. The van der Waals surface area contributed by atoms with Crippen LogP contribution < -0.4 is 11.1 Å². The van der Waals surface area contributed by atoms with E-state index in [0.29, 0.717) is 23.3 Å². The zero-order valence-electron chi connectivity index (χ0n) is 19.2. The molecule has 1 unspecified atom stereocenters. The van der Waals surface area contributed by atoms with E-state index >= 15 is 0 Å². The van der Waals surface area contributed by atoms with E-state index in [2.05, 4.69) is 61.9 Å². The van der Waals surface area contributed by atoms with Crippen LogP contribution in [-0.2, 0) is 0 Å². The molecule has 3 aromatic rings. The maximum atomic E-state index is 11.4. The molecule has 4 rings (SSSR count). The van der Waals surface area contributed by atoms with Gasteiger partial charge in [0.25, 0.3) is 0 Å². The summed E-state index contributed by atoms with van der Waals surface area (Å²) in [4.78, 5) is 27.8. The lowest BCUT2D eigenvalue weighted by Gasteiger charge is -2.32. The molecule has 0 saturated heterocycles. The molecule has 1 aliphatic carbocycles. The van der Waals surface area contributed by atoms with Gasteiger partial charge in [-0.1, -0.05) is 37.4 Å². The number of aromatic nitrogens is 6. The van der Waals surface area contributed by atoms with Crippen molar-refractivity contribution in [1.82, 2.24) is 29.7 Å². The van der Waals surface area contributed by atoms with Gasteiger partial charge >= 0.3 is 5.76 Å². The van der Waals surface area contributed by atoms with Gasteiger partial charge in [0.05, 0.1) is 6.33 Å². The number of imidazole rings is 1. The van der Waals surface area contributed by atoms with Crippen molar-refractivity contribution in [1.29, 1.82) is 0 Å². The number of aromatic amines is 1. The number of nitrogens with one attached hydrogen (secondary N) is 2. The summed E-state index contributed by atoms with van der Waals surface area (Å²) in [7, 11) is 0. The first-order valence-electron chi connectivity index (χ1n) is 11.6. The Morgan fingerprint density at radius 3 is 2.78 bits per heavy atom. The Balaban J connectivity index is 1.63. The van der Waals surface area contributed by atoms with Gasteiger partial charge < -0.3 is 9.88 Å². The zero-order chi connectivity index (χ0) is 22.7. The number of rotatable bonds is 11. The number of H-pyrrole nitrogens is 1. The molecule has 3 atom stereocenters. The molecule has 0 bridgehead atoms. The number of allylic oxidation sites excluding steroid dienone is 1. The van der Waals surface area contributed by atoms with Crippen molar-refractivity contribution in [2.24, 2.45) is 11.8 Å². The van der Waals surface area contributed by atoms with E-state index < -0.39 is 5.76 Å². The van der Waals surface area contributed by atoms with Gasteiger partial charge in [0.2, 0.25) is 11.6 Å². The van der Waals surface area contributed by atoms with Crippen LogP contribution in [0.5, 0.6) is 0 Å². The summed E-state index contributed by atoms with van der Waals surface area (Å²) in [5.41, 5.74) is 1.46. The first-order valence-corrected chi connectivity index (χ1v) is 11.6. The third kappa shape index (κ3) is 4.76. The average molecular weight is 440 g/mol. The second-order valence-electron chi connectivity index (χ2n) is 9.20. The third-order valence-electron chi connectivity index (χ3n) is 6.66. The predicted molar refractivity (Wildman–Crippen MR) is 124 cm³/mol. The first-order chi connectivity index (χ1) is 15.5. The highest BCUT2D eigenvalue weighted by Gasteiger charge is 2.26. The van der Waals surface area contributed by atoms with Gasteiger partial charge in [-0.25, -0.2) is 19.7 Å². The Morgan fingerprint density at radius 2 is 2.12 bits per heavy atom. The molecule has 3 aromatic heterocycles. The summed E-state index contributed by atoms with van der Waals surface area (Å²) in [5.74, 6) is 1.87. The van der Waals surface area contributed by atoms with Crippen LogP contribution in [-0.4, -0.2) is 35.7 Å². The summed E-state index contributed by atoms with van der Waals surface area (Å²) in [6, 6.07) is 0.543. The van der Waals surface area contributed by atoms with Crippen molar-refractivity contribution in [3.05, 3.63) is 29.5 Å². The van der Waals surface area contributed by atoms with Gasteiger partial charge in [-0.3, -0.25) is 9.51 Å². The van der Waals surface area contributed by atoms with E-state index in [4.69, 9.17) is 4.98 Å². The summed E-state index contributed by atoms with van der Waals surface area (Å²) in [6.07, 6.45) is 12.0. The van der Waals surface area contributed by atoms with Crippen LogP contribution in [0.15, 0.2) is 28.3 Å². The van der Waals surface area contributed by atoms with Crippen molar-refractivity contribution >= 4 is 17.0 Å². The van der Waals surface area contributed by atoms with Crippen LogP contribution in [0.2, 0.25) is 0 Å². The van der Waals surface area contributed by atoms with Crippen molar-refractivity contribution in [3.63, 3.8) is 0 Å². The summed E-state index contributed by atoms with van der Waals surface area (Å²) in [6.45, 7) is 10.5. The van der Waals surface area contributed by atoms with Crippen molar-refractivity contribution in [2.75, 3.05) is 5.32 Å². The average Bonchev–Trinajstić information content (AvgIpc) is 3.33. The first kappa shape index (κ1) is 22.2. The quantitative estimate of drug-likeness (QED) is 0.416. The third-order valence-corrected chi connectivity index (χ3v) is 6.66. The molecule has 3 heterocycles. The topological polar surface area (TPSA) is 115 Å². The van der Waals surface area contributed by atoms with Gasteiger partial charge in [0, 0.05) is 12.1 Å². The largest absolute Gasteiger partial charge is 0.439 e. The molecule has 0 spiro atoms. The molecule has 1 fully saturated rings. The number of fused-ring (bicyclic) bond motifs is 1. The fourth-order valence-corrected chi connectivity index (χ4v) is 4.39. The molecular weight excluding hydrogens is 406 g/mol. The lowest BCUT2D eigenvalue weighted by Crippen LogP contribution is -2.31. The minimum absolute atomic E-state index is 0.204. The van der Waals surface area contributed by atoms with E-state index in [9.17, 15) is 4.79 Å². The number of hydrogen-bond donors (Lipinski definition) is 2. The van der Waals surface area contributed by atoms with Crippen molar-refractivity contribution in [2.45, 2.75) is 77.8 Å². The lowest BCUT2D eigenvalue weighted by molar-refractivity contribution is 0.285. The summed E-state index contributed by atoms with van der Waals surface area (Å²) >= 11 is 0. The van der Waals surface area contributed by atoms with Crippen LogP contribution in [0, 0.1) is 11.8 Å². The molecule has 0 aliphatic heterocycles. The molecule has 9 nitrogen and oxygen atoms in total. The number of anilines is 1. The molecule has 32 heavy (non-hydrogen) atoms. The van der Waals surface area contributed by atoms with Crippen LogP contribution in [0.4, 0.5) is 5.82 Å². The lowest BCUT2D eigenvalue weighted by atomic mass is 9.80. The maximum Gasteiger partial charge on any atom is 0.439 e. The fraction of sp³-hybridized carbons (Fsp3) is 0.609. The standard InChI is InChI=1S/C23H33N7O2/c1-5-8-14(2)9-6-10-15(3)30-13-24-19-18(30)20(25-16(4)17-11-7-12-17)27-21(26-19)22-28-23(31)32-29-22/h5,13-17H,1,6-12H2,2-4H3,(H,25,26,27)(H,28,29,31)/t14-,15?,16+/m0/s1. The fourth-order valence-electron chi connectivity index (χ4n) is 4.39. The van der Waals surface area contributed by atoms with E-state index in [1.54, 1.807) is 0 Å².